The second-order valence-electron chi connectivity index (χ2n) is 4.90. The zero-order chi connectivity index (χ0) is 15.5. The average Bonchev–Trinajstić information content (AvgIpc) is 2.93. The first kappa shape index (κ1) is 14.3. The van der Waals surface area contributed by atoms with Crippen LogP contribution in [0.15, 0.2) is 54.6 Å². The number of para-hydroxylation sites is 1. The summed E-state index contributed by atoms with van der Waals surface area (Å²) in [7, 11) is 0. The van der Waals surface area contributed by atoms with Crippen molar-refractivity contribution in [2.24, 2.45) is 5.73 Å². The summed E-state index contributed by atoms with van der Waals surface area (Å²) in [6.45, 7) is 0. The second-order valence-corrected chi connectivity index (χ2v) is 5.99. The van der Waals surface area contributed by atoms with Gasteiger partial charge >= 0.3 is 0 Å². The lowest BCUT2D eigenvalue weighted by atomic mass is 10.1. The van der Waals surface area contributed by atoms with Crippen molar-refractivity contribution in [3.63, 3.8) is 0 Å². The van der Waals surface area contributed by atoms with Gasteiger partial charge in [0, 0.05) is 10.4 Å². The number of amides is 2. The summed E-state index contributed by atoms with van der Waals surface area (Å²) in [5.74, 6) is -0.610. The Morgan fingerprint density at radius 1 is 1.05 bits per heavy atom. The van der Waals surface area contributed by atoms with Crippen LogP contribution in [-0.2, 0) is 11.2 Å². The highest BCUT2D eigenvalue weighted by Crippen LogP contribution is 2.26. The first-order valence-corrected chi connectivity index (χ1v) is 7.61. The molecule has 0 fully saturated rings. The molecule has 2 aromatic carbocycles. The van der Waals surface area contributed by atoms with Gasteiger partial charge < -0.3 is 11.1 Å². The normalized spacial score (nSPS) is 10.5. The van der Waals surface area contributed by atoms with E-state index in [0.29, 0.717) is 16.1 Å². The molecule has 0 spiro atoms. The fourth-order valence-electron chi connectivity index (χ4n) is 2.26. The number of anilines is 1. The number of thiophene rings is 1. The van der Waals surface area contributed by atoms with Gasteiger partial charge in [0.2, 0.25) is 5.91 Å². The predicted octanol–water partition coefficient (Wildman–Crippen LogP) is 3.18. The molecule has 0 bridgehead atoms. The Bertz CT molecular complexity index is 821. The number of hydrogen-bond donors (Lipinski definition) is 2. The third-order valence-corrected chi connectivity index (χ3v) is 4.39. The van der Waals surface area contributed by atoms with E-state index in [1.165, 1.54) is 11.3 Å². The molecule has 0 saturated heterocycles. The SMILES string of the molecule is NC(=O)Cc1ccccc1NC(=O)c1cc2ccccc2s1. The van der Waals surface area contributed by atoms with E-state index in [9.17, 15) is 9.59 Å². The van der Waals surface area contributed by atoms with E-state index in [0.717, 1.165) is 10.1 Å². The minimum Gasteiger partial charge on any atom is -0.369 e. The summed E-state index contributed by atoms with van der Waals surface area (Å²) in [6.07, 6.45) is 0.100. The van der Waals surface area contributed by atoms with Gasteiger partial charge in [0.15, 0.2) is 0 Å². The molecule has 0 saturated carbocycles. The van der Waals surface area contributed by atoms with E-state index < -0.39 is 5.91 Å². The number of nitrogens with one attached hydrogen (secondary N) is 1. The number of nitrogens with two attached hydrogens (primary N) is 1. The van der Waals surface area contributed by atoms with E-state index in [4.69, 9.17) is 5.73 Å². The van der Waals surface area contributed by atoms with Crippen molar-refractivity contribution < 1.29 is 9.59 Å². The highest BCUT2D eigenvalue weighted by molar-refractivity contribution is 7.20. The van der Waals surface area contributed by atoms with Crippen molar-refractivity contribution in [3.05, 3.63) is 65.0 Å². The summed E-state index contributed by atoms with van der Waals surface area (Å²) in [5.41, 5.74) is 6.56. The number of primary amides is 1. The highest BCUT2D eigenvalue weighted by Gasteiger charge is 2.13. The number of rotatable bonds is 4. The van der Waals surface area contributed by atoms with E-state index in [-0.39, 0.29) is 12.3 Å². The Morgan fingerprint density at radius 2 is 1.77 bits per heavy atom. The first-order valence-electron chi connectivity index (χ1n) is 6.79. The molecule has 1 aromatic heterocycles. The van der Waals surface area contributed by atoms with E-state index >= 15 is 0 Å². The Morgan fingerprint density at radius 3 is 2.55 bits per heavy atom. The molecule has 3 aromatic rings. The average molecular weight is 310 g/mol. The van der Waals surface area contributed by atoms with Gasteiger partial charge in [-0.2, -0.15) is 0 Å². The lowest BCUT2D eigenvalue weighted by molar-refractivity contribution is -0.117. The Hall–Kier alpha value is -2.66. The zero-order valence-electron chi connectivity index (χ0n) is 11.7. The summed E-state index contributed by atoms with van der Waals surface area (Å²) in [4.78, 5) is 24.1. The lowest BCUT2D eigenvalue weighted by Gasteiger charge is -2.08. The molecular formula is C17H14N2O2S. The minimum atomic E-state index is -0.427. The molecule has 110 valence electrons. The van der Waals surface area contributed by atoms with Gasteiger partial charge in [-0.05, 0) is 29.1 Å². The molecule has 2 amide bonds. The predicted molar refractivity (Wildman–Crippen MR) is 89.1 cm³/mol. The maximum absolute atomic E-state index is 12.4. The summed E-state index contributed by atoms with van der Waals surface area (Å²) in [6, 6.07) is 16.9. The molecule has 3 rings (SSSR count). The topological polar surface area (TPSA) is 72.2 Å². The molecule has 3 N–H and O–H groups in total. The monoisotopic (exact) mass is 310 g/mol. The van der Waals surface area contributed by atoms with Gasteiger partial charge in [0.05, 0.1) is 11.3 Å². The first-order chi connectivity index (χ1) is 10.6. The van der Waals surface area contributed by atoms with Crippen molar-refractivity contribution in [3.8, 4) is 0 Å². The molecule has 0 aliphatic carbocycles. The largest absolute Gasteiger partial charge is 0.369 e. The Labute approximate surface area is 131 Å². The van der Waals surface area contributed by atoms with Crippen molar-refractivity contribution >= 4 is 38.9 Å². The molecule has 0 aliphatic heterocycles. The summed E-state index contributed by atoms with van der Waals surface area (Å²) in [5, 5.41) is 3.90. The molecule has 22 heavy (non-hydrogen) atoms. The van der Waals surface area contributed by atoms with Crippen molar-refractivity contribution in [1.82, 2.24) is 0 Å². The number of hydrogen-bond acceptors (Lipinski definition) is 3. The minimum absolute atomic E-state index is 0.100. The quantitative estimate of drug-likeness (QED) is 0.777. The van der Waals surface area contributed by atoms with Gasteiger partial charge in [0.1, 0.15) is 0 Å². The Kier molecular flexibility index (Phi) is 3.89. The molecule has 0 radical (unpaired) electrons. The van der Waals surface area contributed by atoms with Crippen LogP contribution in [0.3, 0.4) is 0 Å². The summed E-state index contributed by atoms with van der Waals surface area (Å²) < 4.78 is 1.07. The van der Waals surface area contributed by atoms with Crippen LogP contribution in [-0.4, -0.2) is 11.8 Å². The van der Waals surface area contributed by atoms with Crippen LogP contribution in [0.5, 0.6) is 0 Å². The Balaban J connectivity index is 1.86. The zero-order valence-corrected chi connectivity index (χ0v) is 12.5. The number of fused-ring (bicyclic) bond motifs is 1. The lowest BCUT2D eigenvalue weighted by Crippen LogP contribution is -2.17. The number of benzene rings is 2. The number of carbonyl (C=O) groups excluding carboxylic acids is 2. The molecule has 5 heteroatoms. The van der Waals surface area contributed by atoms with Gasteiger partial charge in [0.25, 0.3) is 5.91 Å². The van der Waals surface area contributed by atoms with Crippen LogP contribution in [0, 0.1) is 0 Å². The van der Waals surface area contributed by atoms with Gasteiger partial charge in [-0.25, -0.2) is 0 Å². The molecule has 4 nitrogen and oxygen atoms in total. The van der Waals surface area contributed by atoms with Crippen LogP contribution >= 0.6 is 11.3 Å². The van der Waals surface area contributed by atoms with Gasteiger partial charge in [-0.1, -0.05) is 36.4 Å². The van der Waals surface area contributed by atoms with Crippen molar-refractivity contribution in [2.45, 2.75) is 6.42 Å². The maximum Gasteiger partial charge on any atom is 0.265 e. The highest BCUT2D eigenvalue weighted by atomic mass is 32.1. The molecule has 0 atom stereocenters. The fraction of sp³-hybridized carbons (Fsp3) is 0.0588. The van der Waals surface area contributed by atoms with E-state index in [2.05, 4.69) is 5.32 Å². The van der Waals surface area contributed by atoms with Gasteiger partial charge in [-0.15, -0.1) is 11.3 Å². The summed E-state index contributed by atoms with van der Waals surface area (Å²) >= 11 is 1.44. The third kappa shape index (κ3) is 2.99. The second kappa shape index (κ2) is 5.99. The van der Waals surface area contributed by atoms with Gasteiger partial charge in [-0.3, -0.25) is 9.59 Å². The van der Waals surface area contributed by atoms with E-state index in [1.54, 1.807) is 12.1 Å². The standard InChI is InChI=1S/C17H14N2O2S/c18-16(20)10-11-5-1-3-7-13(11)19-17(21)15-9-12-6-2-4-8-14(12)22-15/h1-9H,10H2,(H2,18,20)(H,19,21). The molecule has 0 unspecified atom stereocenters. The fourth-order valence-corrected chi connectivity index (χ4v) is 3.22. The van der Waals surface area contributed by atoms with Crippen LogP contribution < -0.4 is 11.1 Å². The molecular weight excluding hydrogens is 296 g/mol. The maximum atomic E-state index is 12.4. The van der Waals surface area contributed by atoms with Crippen LogP contribution in [0.2, 0.25) is 0 Å². The van der Waals surface area contributed by atoms with Crippen LogP contribution in [0.4, 0.5) is 5.69 Å². The number of carbonyl (C=O) groups is 2. The molecule has 0 aliphatic rings. The van der Waals surface area contributed by atoms with Crippen LogP contribution in [0.25, 0.3) is 10.1 Å². The van der Waals surface area contributed by atoms with Crippen molar-refractivity contribution in [1.29, 1.82) is 0 Å². The molecule has 1 heterocycles. The van der Waals surface area contributed by atoms with E-state index in [1.807, 2.05) is 42.5 Å². The van der Waals surface area contributed by atoms with Crippen molar-refractivity contribution in [2.75, 3.05) is 5.32 Å². The smallest absolute Gasteiger partial charge is 0.265 e. The third-order valence-electron chi connectivity index (χ3n) is 3.28. The van der Waals surface area contributed by atoms with Crippen LogP contribution in [0.1, 0.15) is 15.2 Å².